The topological polar surface area (TPSA) is 92.5 Å². The number of fused-ring (bicyclic) bond motifs is 2. The molecule has 226 valence electrons. The maximum absolute atomic E-state index is 11.4. The minimum absolute atomic E-state index is 0.117. The van der Waals surface area contributed by atoms with Crippen molar-refractivity contribution in [3.63, 3.8) is 0 Å². The fourth-order valence-corrected chi connectivity index (χ4v) is 6.15. The van der Waals surface area contributed by atoms with E-state index in [2.05, 4.69) is 63.2 Å². The smallest absolute Gasteiger partial charge is 0.270 e. The lowest BCUT2D eigenvalue weighted by Gasteiger charge is -2.26. The van der Waals surface area contributed by atoms with E-state index in [1.807, 2.05) is 42.5 Å². The number of non-ortho nitro benzene ring substituents is 2. The van der Waals surface area contributed by atoms with Crippen LogP contribution in [0.15, 0.2) is 84.6 Å². The highest BCUT2D eigenvalue weighted by Gasteiger charge is 2.45. The lowest BCUT2D eigenvalue weighted by atomic mass is 9.81. The Labute approximate surface area is 254 Å². The van der Waals surface area contributed by atoms with Crippen molar-refractivity contribution in [2.45, 2.75) is 78.1 Å². The van der Waals surface area contributed by atoms with Crippen molar-refractivity contribution in [2.24, 2.45) is 0 Å². The van der Waals surface area contributed by atoms with Crippen molar-refractivity contribution in [1.82, 2.24) is 0 Å². The van der Waals surface area contributed by atoms with Crippen LogP contribution in [0, 0.1) is 20.2 Å². The number of hydrogen-bond donors (Lipinski definition) is 0. The molecular formula is C35H43N4O4+. The fraction of sp³-hybridized carbons (Fsp3) is 0.400. The largest absolute Gasteiger partial charge is 0.344 e. The molecule has 0 fully saturated rings. The number of nitro groups is 2. The van der Waals surface area contributed by atoms with Crippen molar-refractivity contribution in [3.8, 4) is 0 Å². The van der Waals surface area contributed by atoms with Crippen LogP contribution in [-0.4, -0.2) is 33.2 Å². The van der Waals surface area contributed by atoms with Crippen molar-refractivity contribution in [1.29, 1.82) is 0 Å². The van der Waals surface area contributed by atoms with Gasteiger partial charge < -0.3 is 4.90 Å². The van der Waals surface area contributed by atoms with Gasteiger partial charge in [0, 0.05) is 71.7 Å². The number of allylic oxidation sites excluding steroid dienone is 8. The lowest BCUT2D eigenvalue weighted by Crippen LogP contribution is -2.27. The molecule has 0 radical (unpaired) electrons. The van der Waals surface area contributed by atoms with Gasteiger partial charge >= 0.3 is 0 Å². The Bertz CT molecular complexity index is 1560. The monoisotopic (exact) mass is 583 g/mol. The van der Waals surface area contributed by atoms with E-state index < -0.39 is 0 Å². The molecule has 2 aromatic carbocycles. The molecule has 2 aliphatic heterocycles. The Balaban J connectivity index is 1.56. The van der Waals surface area contributed by atoms with Crippen molar-refractivity contribution in [2.75, 3.05) is 18.0 Å². The summed E-state index contributed by atoms with van der Waals surface area (Å²) in [5.41, 5.74) is 5.79. The molecule has 0 aromatic heterocycles. The van der Waals surface area contributed by atoms with Gasteiger partial charge in [0.25, 0.3) is 11.4 Å². The molecule has 0 bridgehead atoms. The predicted molar refractivity (Wildman–Crippen MR) is 175 cm³/mol. The number of nitrogens with zero attached hydrogens (tertiary/aromatic N) is 4. The van der Waals surface area contributed by atoms with Gasteiger partial charge in [-0.05, 0) is 38.0 Å². The Morgan fingerprint density at radius 3 is 2.05 bits per heavy atom. The van der Waals surface area contributed by atoms with Gasteiger partial charge in [-0.2, -0.15) is 4.58 Å². The highest BCUT2D eigenvalue weighted by Crippen LogP contribution is 2.49. The number of unbranched alkanes of at least 4 members (excludes halogenated alkanes) is 2. The number of nitro benzene ring substituents is 2. The van der Waals surface area contributed by atoms with Gasteiger partial charge in [-0.15, -0.1) is 0 Å². The molecule has 0 amide bonds. The van der Waals surface area contributed by atoms with Crippen molar-refractivity contribution >= 4 is 28.5 Å². The van der Waals surface area contributed by atoms with E-state index in [1.165, 1.54) is 0 Å². The second kappa shape index (κ2) is 12.9. The summed E-state index contributed by atoms with van der Waals surface area (Å²) < 4.78 is 2.29. The molecule has 0 saturated heterocycles. The van der Waals surface area contributed by atoms with Gasteiger partial charge in [0.2, 0.25) is 5.69 Å². The van der Waals surface area contributed by atoms with Crippen LogP contribution in [0.4, 0.5) is 22.7 Å². The molecule has 2 heterocycles. The van der Waals surface area contributed by atoms with E-state index in [9.17, 15) is 20.2 Å². The summed E-state index contributed by atoms with van der Waals surface area (Å²) in [7, 11) is 0. The van der Waals surface area contributed by atoms with E-state index in [0.717, 1.165) is 72.7 Å². The zero-order valence-corrected chi connectivity index (χ0v) is 26.2. The molecule has 2 aliphatic rings. The van der Waals surface area contributed by atoms with E-state index in [1.54, 1.807) is 24.3 Å². The highest BCUT2D eigenvalue weighted by molar-refractivity contribution is 6.03. The van der Waals surface area contributed by atoms with Crippen LogP contribution in [0.1, 0.15) is 78.4 Å². The first-order valence-electron chi connectivity index (χ1n) is 15.2. The second-order valence-electron chi connectivity index (χ2n) is 12.2. The van der Waals surface area contributed by atoms with E-state index >= 15 is 0 Å². The maximum Gasteiger partial charge on any atom is 0.270 e. The molecule has 4 rings (SSSR count). The summed E-state index contributed by atoms with van der Waals surface area (Å²) in [5, 5.41) is 22.9. The van der Waals surface area contributed by atoms with Crippen molar-refractivity contribution < 1.29 is 14.4 Å². The molecule has 0 spiro atoms. The van der Waals surface area contributed by atoms with E-state index in [-0.39, 0.29) is 32.1 Å². The molecule has 2 aromatic rings. The van der Waals surface area contributed by atoms with Gasteiger partial charge in [-0.1, -0.05) is 70.9 Å². The third-order valence-electron chi connectivity index (χ3n) is 8.60. The molecule has 0 atom stereocenters. The van der Waals surface area contributed by atoms with Crippen molar-refractivity contribution in [3.05, 3.63) is 116 Å². The lowest BCUT2D eigenvalue weighted by molar-refractivity contribution is -0.438. The summed E-state index contributed by atoms with van der Waals surface area (Å²) in [5.74, 6) is 0. The maximum atomic E-state index is 11.4. The van der Waals surface area contributed by atoms with Gasteiger partial charge in [-0.25, -0.2) is 0 Å². The molecule has 0 aliphatic carbocycles. The third kappa shape index (κ3) is 6.24. The highest BCUT2D eigenvalue weighted by atomic mass is 16.6. The number of rotatable bonds is 12. The van der Waals surface area contributed by atoms with Gasteiger partial charge in [0.15, 0.2) is 5.71 Å². The number of benzene rings is 2. The predicted octanol–water partition coefficient (Wildman–Crippen LogP) is 8.83. The zero-order valence-electron chi connectivity index (χ0n) is 26.2. The first-order valence-corrected chi connectivity index (χ1v) is 15.2. The van der Waals surface area contributed by atoms with E-state index in [0.29, 0.717) is 0 Å². The van der Waals surface area contributed by atoms with Crippen LogP contribution in [0.2, 0.25) is 0 Å². The molecule has 8 heteroatoms. The molecule has 0 saturated carbocycles. The number of hydrogen-bond acceptors (Lipinski definition) is 5. The first-order chi connectivity index (χ1) is 20.4. The molecule has 43 heavy (non-hydrogen) atoms. The Kier molecular flexibility index (Phi) is 9.48. The van der Waals surface area contributed by atoms with E-state index in [4.69, 9.17) is 0 Å². The summed E-state index contributed by atoms with van der Waals surface area (Å²) in [4.78, 5) is 24.5. The van der Waals surface area contributed by atoms with Crippen LogP contribution in [0.5, 0.6) is 0 Å². The minimum atomic E-state index is -0.361. The number of anilines is 1. The standard InChI is InChI=1S/C35H43N4O4/c1-7-9-22-36-30-20-18-26(38(40)41)24-28(30)34(3,4)32(36)16-14-12-11-13-15-17-33-35(5,6)29-25-27(39(42)43)19-21-31(29)37(33)23-10-8-2/h11-21,24-25H,7-10,22-23H2,1-6H3/q+1. The normalized spacial score (nSPS) is 18.0. The fourth-order valence-electron chi connectivity index (χ4n) is 6.15. The summed E-state index contributed by atoms with van der Waals surface area (Å²) in [6.45, 7) is 14.5. The molecule has 8 nitrogen and oxygen atoms in total. The summed E-state index contributed by atoms with van der Waals surface area (Å²) >= 11 is 0. The second-order valence-corrected chi connectivity index (χ2v) is 12.2. The van der Waals surface area contributed by atoms with Crippen LogP contribution in [0.25, 0.3) is 0 Å². The van der Waals surface area contributed by atoms with Gasteiger partial charge in [0.05, 0.1) is 15.3 Å². The third-order valence-corrected chi connectivity index (χ3v) is 8.60. The van der Waals surface area contributed by atoms with Crippen LogP contribution in [0.3, 0.4) is 0 Å². The first kappa shape index (κ1) is 31.6. The molecular weight excluding hydrogens is 540 g/mol. The zero-order chi connectivity index (χ0) is 31.4. The Morgan fingerprint density at radius 1 is 0.791 bits per heavy atom. The molecule has 0 unspecified atom stereocenters. The summed E-state index contributed by atoms with van der Waals surface area (Å²) in [6, 6.07) is 10.4. The average Bonchev–Trinajstić information content (AvgIpc) is 3.31. The quantitative estimate of drug-likeness (QED) is 0.108. The molecule has 0 N–H and O–H groups in total. The van der Waals surface area contributed by atoms with Crippen LogP contribution in [-0.2, 0) is 10.8 Å². The van der Waals surface area contributed by atoms with Gasteiger partial charge in [-0.3, -0.25) is 20.2 Å². The summed E-state index contributed by atoms with van der Waals surface area (Å²) in [6.07, 6.45) is 18.4. The van der Waals surface area contributed by atoms with Gasteiger partial charge in [0.1, 0.15) is 6.54 Å². The Morgan fingerprint density at radius 2 is 1.40 bits per heavy atom. The van der Waals surface area contributed by atoms with Crippen LogP contribution < -0.4 is 4.90 Å². The average molecular weight is 584 g/mol. The SMILES string of the molecule is CCCCN1C(=CC=CC=CC=CC2=[N+](CCCC)c3ccc([N+](=O)[O-])cc3C2(C)C)C(C)(C)c2cc([N+](=O)[O-])ccc21. The Hall–Kier alpha value is -4.33. The minimum Gasteiger partial charge on any atom is -0.344 e. The van der Waals surface area contributed by atoms with Crippen LogP contribution >= 0.6 is 0 Å².